The van der Waals surface area contributed by atoms with Crippen LogP contribution in [0.3, 0.4) is 0 Å². The van der Waals surface area contributed by atoms with E-state index in [1.54, 1.807) is 11.0 Å². The van der Waals surface area contributed by atoms with Gasteiger partial charge in [0.1, 0.15) is 6.54 Å². The molecule has 26 heavy (non-hydrogen) atoms. The number of anilines is 1. The molecule has 138 valence electrons. The number of thiazole rings is 1. The predicted molar refractivity (Wildman–Crippen MR) is 107 cm³/mol. The summed E-state index contributed by atoms with van der Waals surface area (Å²) in [6.07, 6.45) is 6.27. The Labute approximate surface area is 158 Å². The summed E-state index contributed by atoms with van der Waals surface area (Å²) in [6, 6.07) is 9.64. The lowest BCUT2D eigenvalue weighted by molar-refractivity contribution is -0.130. The van der Waals surface area contributed by atoms with Gasteiger partial charge in [0.25, 0.3) is 0 Å². The quantitative estimate of drug-likeness (QED) is 0.533. The Morgan fingerprint density at radius 1 is 1.23 bits per heavy atom. The molecule has 0 atom stereocenters. The van der Waals surface area contributed by atoms with Gasteiger partial charge in [0.15, 0.2) is 5.13 Å². The fraction of sp³-hybridized carbons (Fsp3) is 0.350. The van der Waals surface area contributed by atoms with Crippen LogP contribution in [-0.2, 0) is 9.59 Å². The summed E-state index contributed by atoms with van der Waals surface area (Å²) in [7, 11) is 0. The lowest BCUT2D eigenvalue weighted by Gasteiger charge is -2.20. The normalized spacial score (nSPS) is 10.8. The van der Waals surface area contributed by atoms with Gasteiger partial charge in [-0.15, -0.1) is 11.3 Å². The molecule has 0 unspecified atom stereocenters. The molecule has 0 spiro atoms. The largest absolute Gasteiger partial charge is 0.330 e. The standard InChI is InChI=1S/C20H25N3O2S/c1-3-4-8-13-23(14-18(24)22-20-21-16(2)15-26-20)19(25)12-11-17-9-6-5-7-10-17/h5-7,9-12,15H,3-4,8,13-14H2,1-2H3,(H,21,22,24)/b12-11+. The van der Waals surface area contributed by atoms with Crippen molar-refractivity contribution in [1.29, 1.82) is 0 Å². The van der Waals surface area contributed by atoms with Crippen LogP contribution in [0.25, 0.3) is 6.08 Å². The lowest BCUT2D eigenvalue weighted by atomic mass is 10.2. The molecule has 1 aromatic heterocycles. The van der Waals surface area contributed by atoms with Gasteiger partial charge in [-0.2, -0.15) is 0 Å². The van der Waals surface area contributed by atoms with E-state index in [4.69, 9.17) is 0 Å². The van der Waals surface area contributed by atoms with Crippen LogP contribution >= 0.6 is 11.3 Å². The molecule has 1 aromatic carbocycles. The van der Waals surface area contributed by atoms with Crippen LogP contribution < -0.4 is 5.32 Å². The Hall–Kier alpha value is -2.47. The van der Waals surface area contributed by atoms with Crippen LogP contribution in [0.15, 0.2) is 41.8 Å². The molecule has 0 saturated heterocycles. The molecule has 0 saturated carbocycles. The van der Waals surface area contributed by atoms with Crippen molar-refractivity contribution >= 4 is 34.4 Å². The molecule has 2 rings (SSSR count). The smallest absolute Gasteiger partial charge is 0.247 e. The maximum Gasteiger partial charge on any atom is 0.247 e. The molecule has 2 aromatic rings. The number of rotatable bonds is 9. The van der Waals surface area contributed by atoms with E-state index in [0.29, 0.717) is 11.7 Å². The first-order valence-corrected chi connectivity index (χ1v) is 9.70. The van der Waals surface area contributed by atoms with Crippen LogP contribution in [0.1, 0.15) is 37.4 Å². The first-order valence-electron chi connectivity index (χ1n) is 8.82. The number of carbonyl (C=O) groups excluding carboxylic acids is 2. The average Bonchev–Trinajstić information content (AvgIpc) is 3.04. The van der Waals surface area contributed by atoms with Crippen LogP contribution in [0.4, 0.5) is 5.13 Å². The summed E-state index contributed by atoms with van der Waals surface area (Å²) in [6.45, 7) is 4.58. The number of hydrogen-bond donors (Lipinski definition) is 1. The maximum absolute atomic E-state index is 12.5. The number of aromatic nitrogens is 1. The minimum Gasteiger partial charge on any atom is -0.330 e. The van der Waals surface area contributed by atoms with E-state index in [-0.39, 0.29) is 18.4 Å². The molecular weight excluding hydrogens is 346 g/mol. The van der Waals surface area contributed by atoms with Crippen LogP contribution in [0, 0.1) is 6.92 Å². The first kappa shape index (κ1) is 19.8. The van der Waals surface area contributed by atoms with Crippen molar-refractivity contribution < 1.29 is 9.59 Å². The number of unbranched alkanes of at least 4 members (excludes halogenated alkanes) is 2. The lowest BCUT2D eigenvalue weighted by Crippen LogP contribution is -2.37. The molecule has 1 heterocycles. The fourth-order valence-corrected chi connectivity index (χ4v) is 3.10. The summed E-state index contributed by atoms with van der Waals surface area (Å²) in [5, 5.41) is 5.20. The molecule has 0 aliphatic rings. The van der Waals surface area contributed by atoms with Crippen molar-refractivity contribution in [2.24, 2.45) is 0 Å². The second-order valence-corrected chi connectivity index (χ2v) is 6.91. The van der Waals surface area contributed by atoms with Crippen molar-refractivity contribution in [3.63, 3.8) is 0 Å². The molecule has 0 aliphatic heterocycles. The SMILES string of the molecule is CCCCCN(CC(=O)Nc1nc(C)cs1)C(=O)/C=C/c1ccccc1. The molecule has 0 aliphatic carbocycles. The summed E-state index contributed by atoms with van der Waals surface area (Å²) in [5.74, 6) is -0.382. The summed E-state index contributed by atoms with van der Waals surface area (Å²) in [5.41, 5.74) is 1.82. The molecule has 6 heteroatoms. The van der Waals surface area contributed by atoms with Gasteiger partial charge in [-0.3, -0.25) is 9.59 Å². The van der Waals surface area contributed by atoms with Crippen LogP contribution in [0.2, 0.25) is 0 Å². The third-order valence-corrected chi connectivity index (χ3v) is 4.64. The predicted octanol–water partition coefficient (Wildman–Crippen LogP) is 4.12. The van der Waals surface area contributed by atoms with Gasteiger partial charge in [0.2, 0.25) is 11.8 Å². The summed E-state index contributed by atoms with van der Waals surface area (Å²) in [4.78, 5) is 30.6. The zero-order chi connectivity index (χ0) is 18.8. The molecule has 5 nitrogen and oxygen atoms in total. The van der Waals surface area contributed by atoms with E-state index in [9.17, 15) is 9.59 Å². The van der Waals surface area contributed by atoms with Crippen molar-refractivity contribution in [2.45, 2.75) is 33.1 Å². The van der Waals surface area contributed by atoms with Gasteiger partial charge in [0.05, 0.1) is 5.69 Å². The Bertz CT molecular complexity index is 741. The van der Waals surface area contributed by atoms with E-state index in [2.05, 4.69) is 17.2 Å². The number of benzene rings is 1. The van der Waals surface area contributed by atoms with Gasteiger partial charge in [-0.05, 0) is 25.0 Å². The highest BCUT2D eigenvalue weighted by atomic mass is 32.1. The van der Waals surface area contributed by atoms with Crippen molar-refractivity contribution in [3.05, 3.63) is 53.0 Å². The highest BCUT2D eigenvalue weighted by Gasteiger charge is 2.15. The molecule has 1 N–H and O–H groups in total. The van der Waals surface area contributed by atoms with Gasteiger partial charge >= 0.3 is 0 Å². The number of aryl methyl sites for hydroxylation is 1. The second kappa shape index (κ2) is 10.5. The molecule has 2 amide bonds. The van der Waals surface area contributed by atoms with E-state index < -0.39 is 0 Å². The molecule has 0 fully saturated rings. The van der Waals surface area contributed by atoms with Gasteiger partial charge in [0, 0.05) is 18.0 Å². The molecular formula is C20H25N3O2S. The number of hydrogen-bond acceptors (Lipinski definition) is 4. The van der Waals surface area contributed by atoms with Gasteiger partial charge in [-0.1, -0.05) is 50.1 Å². The van der Waals surface area contributed by atoms with Crippen molar-refractivity contribution in [1.82, 2.24) is 9.88 Å². The topological polar surface area (TPSA) is 62.3 Å². The Kier molecular flexibility index (Phi) is 8.02. The Morgan fingerprint density at radius 3 is 2.65 bits per heavy atom. The molecule has 0 bridgehead atoms. The van der Waals surface area contributed by atoms with E-state index in [0.717, 1.165) is 30.5 Å². The minimum atomic E-state index is -0.225. The Balaban J connectivity index is 1.98. The average molecular weight is 372 g/mol. The highest BCUT2D eigenvalue weighted by Crippen LogP contribution is 2.14. The molecule has 0 radical (unpaired) electrons. The fourth-order valence-electron chi connectivity index (χ4n) is 2.40. The van der Waals surface area contributed by atoms with E-state index >= 15 is 0 Å². The monoisotopic (exact) mass is 371 g/mol. The minimum absolute atomic E-state index is 0.0281. The van der Waals surface area contributed by atoms with Gasteiger partial charge in [-0.25, -0.2) is 4.98 Å². The number of carbonyl (C=O) groups is 2. The first-order chi connectivity index (χ1) is 12.6. The third-order valence-electron chi connectivity index (χ3n) is 3.76. The van der Waals surface area contributed by atoms with Crippen LogP contribution in [0.5, 0.6) is 0 Å². The third kappa shape index (κ3) is 6.80. The number of amides is 2. The maximum atomic E-state index is 12.5. The highest BCUT2D eigenvalue weighted by molar-refractivity contribution is 7.13. The van der Waals surface area contributed by atoms with Crippen molar-refractivity contribution in [3.8, 4) is 0 Å². The Morgan fingerprint density at radius 2 is 2.00 bits per heavy atom. The zero-order valence-electron chi connectivity index (χ0n) is 15.3. The summed E-state index contributed by atoms with van der Waals surface area (Å²) < 4.78 is 0. The van der Waals surface area contributed by atoms with E-state index in [1.807, 2.05) is 42.6 Å². The number of nitrogens with one attached hydrogen (secondary N) is 1. The summed E-state index contributed by atoms with van der Waals surface area (Å²) >= 11 is 1.38. The van der Waals surface area contributed by atoms with Gasteiger partial charge < -0.3 is 10.2 Å². The number of nitrogens with zero attached hydrogens (tertiary/aromatic N) is 2. The zero-order valence-corrected chi connectivity index (χ0v) is 16.1. The second-order valence-electron chi connectivity index (χ2n) is 6.05. The van der Waals surface area contributed by atoms with E-state index in [1.165, 1.54) is 17.4 Å². The van der Waals surface area contributed by atoms with Crippen molar-refractivity contribution in [2.75, 3.05) is 18.4 Å². The van der Waals surface area contributed by atoms with Crippen LogP contribution in [-0.4, -0.2) is 34.8 Å².